The average Bonchev–Trinajstić information content (AvgIpc) is 2.84. The second kappa shape index (κ2) is 10.3. The van der Waals surface area contributed by atoms with E-state index in [0.29, 0.717) is 35.7 Å². The standard InChI is InChI=1S/C26H25N3O2S/c1-2-28(17-20-11-5-3-6-12-20)24(30)19-32-26-27-23-16-10-9-15-22(23)25(31)29(26)18-21-13-7-4-8-14-21/h3-16H,2,17-19H2,1H3. The van der Waals surface area contributed by atoms with Crippen LogP contribution in [-0.4, -0.2) is 32.7 Å². The summed E-state index contributed by atoms with van der Waals surface area (Å²) >= 11 is 1.32. The Labute approximate surface area is 191 Å². The summed E-state index contributed by atoms with van der Waals surface area (Å²) in [6, 6.07) is 27.1. The Morgan fingerprint density at radius 3 is 2.22 bits per heavy atom. The minimum atomic E-state index is -0.0916. The maximum Gasteiger partial charge on any atom is 0.262 e. The number of benzene rings is 3. The Hall–Kier alpha value is -3.38. The molecule has 1 aromatic heterocycles. The molecule has 0 unspecified atom stereocenters. The Kier molecular flexibility index (Phi) is 7.02. The number of thioether (sulfide) groups is 1. The minimum absolute atomic E-state index is 0.0232. The lowest BCUT2D eigenvalue weighted by molar-refractivity contribution is -0.128. The molecule has 1 amide bonds. The molecule has 0 radical (unpaired) electrons. The molecule has 32 heavy (non-hydrogen) atoms. The molecule has 162 valence electrons. The van der Waals surface area contributed by atoms with Gasteiger partial charge in [0.2, 0.25) is 5.91 Å². The third-order valence-electron chi connectivity index (χ3n) is 5.29. The fourth-order valence-corrected chi connectivity index (χ4v) is 4.46. The molecule has 0 fully saturated rings. The molecule has 0 N–H and O–H groups in total. The van der Waals surface area contributed by atoms with E-state index in [1.807, 2.05) is 90.7 Å². The van der Waals surface area contributed by atoms with Crippen LogP contribution in [0.25, 0.3) is 10.9 Å². The summed E-state index contributed by atoms with van der Waals surface area (Å²) in [6.45, 7) is 3.58. The van der Waals surface area contributed by atoms with E-state index in [1.165, 1.54) is 11.8 Å². The van der Waals surface area contributed by atoms with Crippen molar-refractivity contribution < 1.29 is 4.79 Å². The number of hydrogen-bond donors (Lipinski definition) is 0. The molecule has 0 aliphatic carbocycles. The molecular formula is C26H25N3O2S. The largest absolute Gasteiger partial charge is 0.338 e. The van der Waals surface area contributed by atoms with Gasteiger partial charge in [0, 0.05) is 13.1 Å². The van der Waals surface area contributed by atoms with Gasteiger partial charge in [0.25, 0.3) is 5.56 Å². The maximum absolute atomic E-state index is 13.2. The zero-order valence-electron chi connectivity index (χ0n) is 18.0. The molecule has 4 rings (SSSR count). The lowest BCUT2D eigenvalue weighted by Gasteiger charge is -2.21. The van der Waals surface area contributed by atoms with Crippen LogP contribution in [-0.2, 0) is 17.9 Å². The van der Waals surface area contributed by atoms with Crippen LogP contribution in [0.15, 0.2) is 94.9 Å². The molecule has 0 atom stereocenters. The fraction of sp³-hybridized carbons (Fsp3) is 0.192. The monoisotopic (exact) mass is 443 g/mol. The van der Waals surface area contributed by atoms with Crippen molar-refractivity contribution in [1.29, 1.82) is 0 Å². The zero-order valence-corrected chi connectivity index (χ0v) is 18.8. The summed E-state index contributed by atoms with van der Waals surface area (Å²) in [7, 11) is 0. The van der Waals surface area contributed by atoms with E-state index in [1.54, 1.807) is 10.6 Å². The van der Waals surface area contributed by atoms with Gasteiger partial charge in [-0.1, -0.05) is 84.6 Å². The van der Waals surface area contributed by atoms with Crippen LogP contribution in [0.3, 0.4) is 0 Å². The van der Waals surface area contributed by atoms with Crippen molar-refractivity contribution in [2.45, 2.75) is 25.2 Å². The van der Waals surface area contributed by atoms with E-state index in [9.17, 15) is 9.59 Å². The molecule has 3 aromatic carbocycles. The van der Waals surface area contributed by atoms with Crippen molar-refractivity contribution in [3.05, 3.63) is 106 Å². The molecule has 1 heterocycles. The highest BCUT2D eigenvalue weighted by Gasteiger charge is 2.17. The summed E-state index contributed by atoms with van der Waals surface area (Å²) in [5.74, 6) is 0.246. The van der Waals surface area contributed by atoms with Gasteiger partial charge in [-0.05, 0) is 30.2 Å². The second-order valence-electron chi connectivity index (χ2n) is 7.47. The van der Waals surface area contributed by atoms with Crippen LogP contribution in [0.4, 0.5) is 0 Å². The van der Waals surface area contributed by atoms with Crippen LogP contribution >= 0.6 is 11.8 Å². The molecule has 4 aromatic rings. The average molecular weight is 444 g/mol. The zero-order chi connectivity index (χ0) is 22.3. The van der Waals surface area contributed by atoms with Crippen molar-refractivity contribution in [1.82, 2.24) is 14.5 Å². The highest BCUT2D eigenvalue weighted by molar-refractivity contribution is 7.99. The number of aromatic nitrogens is 2. The van der Waals surface area contributed by atoms with Gasteiger partial charge in [0.1, 0.15) is 0 Å². The molecule has 0 spiro atoms. The third-order valence-corrected chi connectivity index (χ3v) is 6.25. The first kappa shape index (κ1) is 21.8. The van der Waals surface area contributed by atoms with Gasteiger partial charge in [-0.15, -0.1) is 0 Å². The van der Waals surface area contributed by atoms with E-state index in [4.69, 9.17) is 4.98 Å². The number of carbonyl (C=O) groups excluding carboxylic acids is 1. The topological polar surface area (TPSA) is 55.2 Å². The molecule has 0 saturated heterocycles. The molecule has 0 aliphatic heterocycles. The number of hydrogen-bond acceptors (Lipinski definition) is 4. The first-order chi connectivity index (χ1) is 15.7. The Morgan fingerprint density at radius 2 is 1.53 bits per heavy atom. The lowest BCUT2D eigenvalue weighted by Crippen LogP contribution is -2.32. The van der Waals surface area contributed by atoms with Crippen molar-refractivity contribution in [2.75, 3.05) is 12.3 Å². The Balaban J connectivity index is 1.59. The maximum atomic E-state index is 13.2. The van der Waals surface area contributed by atoms with Crippen molar-refractivity contribution in [3.63, 3.8) is 0 Å². The van der Waals surface area contributed by atoms with Gasteiger partial charge in [-0.2, -0.15) is 0 Å². The summed E-state index contributed by atoms with van der Waals surface area (Å²) in [5.41, 5.74) is 2.66. The first-order valence-electron chi connectivity index (χ1n) is 10.6. The van der Waals surface area contributed by atoms with Gasteiger partial charge in [-0.3, -0.25) is 14.2 Å². The highest BCUT2D eigenvalue weighted by atomic mass is 32.2. The van der Waals surface area contributed by atoms with E-state index >= 15 is 0 Å². The van der Waals surface area contributed by atoms with E-state index < -0.39 is 0 Å². The van der Waals surface area contributed by atoms with Crippen LogP contribution in [0.5, 0.6) is 0 Å². The van der Waals surface area contributed by atoms with E-state index in [-0.39, 0.29) is 17.2 Å². The molecule has 0 bridgehead atoms. The van der Waals surface area contributed by atoms with Crippen LogP contribution in [0.1, 0.15) is 18.1 Å². The smallest absolute Gasteiger partial charge is 0.262 e. The van der Waals surface area contributed by atoms with Crippen LogP contribution in [0, 0.1) is 0 Å². The van der Waals surface area contributed by atoms with Gasteiger partial charge in [0.05, 0.1) is 23.2 Å². The second-order valence-corrected chi connectivity index (χ2v) is 8.41. The Bertz CT molecular complexity index is 1260. The number of nitrogens with zero attached hydrogens (tertiary/aromatic N) is 3. The predicted octanol–water partition coefficient (Wildman–Crippen LogP) is 4.59. The minimum Gasteiger partial charge on any atom is -0.338 e. The quantitative estimate of drug-likeness (QED) is 0.295. The summed E-state index contributed by atoms with van der Waals surface area (Å²) in [5, 5.41) is 1.14. The van der Waals surface area contributed by atoms with Gasteiger partial charge in [0.15, 0.2) is 5.16 Å². The van der Waals surface area contributed by atoms with Gasteiger partial charge < -0.3 is 4.90 Å². The third kappa shape index (κ3) is 5.08. The van der Waals surface area contributed by atoms with Gasteiger partial charge in [-0.25, -0.2) is 4.98 Å². The van der Waals surface area contributed by atoms with Crippen molar-refractivity contribution >= 4 is 28.6 Å². The molecule has 6 heteroatoms. The summed E-state index contributed by atoms with van der Waals surface area (Å²) in [4.78, 5) is 32.8. The highest BCUT2D eigenvalue weighted by Crippen LogP contribution is 2.20. The number of rotatable bonds is 8. The molecule has 0 saturated carbocycles. The number of para-hydroxylation sites is 1. The number of amides is 1. The SMILES string of the molecule is CCN(Cc1ccccc1)C(=O)CSc1nc2ccccc2c(=O)n1Cc1ccccc1. The van der Waals surface area contributed by atoms with E-state index in [0.717, 1.165) is 11.1 Å². The van der Waals surface area contributed by atoms with Crippen molar-refractivity contribution in [3.8, 4) is 0 Å². The van der Waals surface area contributed by atoms with Gasteiger partial charge >= 0.3 is 0 Å². The van der Waals surface area contributed by atoms with E-state index in [2.05, 4.69) is 0 Å². The molecular weight excluding hydrogens is 418 g/mol. The predicted molar refractivity (Wildman–Crippen MR) is 130 cm³/mol. The van der Waals surface area contributed by atoms with Crippen LogP contribution < -0.4 is 5.56 Å². The Morgan fingerprint density at radius 1 is 0.906 bits per heavy atom. The first-order valence-corrected chi connectivity index (χ1v) is 11.6. The fourth-order valence-electron chi connectivity index (χ4n) is 3.56. The van der Waals surface area contributed by atoms with Crippen LogP contribution in [0.2, 0.25) is 0 Å². The molecule has 0 aliphatic rings. The lowest BCUT2D eigenvalue weighted by atomic mass is 10.2. The summed E-state index contributed by atoms with van der Waals surface area (Å²) < 4.78 is 1.67. The molecule has 5 nitrogen and oxygen atoms in total. The normalized spacial score (nSPS) is 10.9. The number of carbonyl (C=O) groups is 1. The summed E-state index contributed by atoms with van der Waals surface area (Å²) in [6.07, 6.45) is 0. The van der Waals surface area contributed by atoms with Crippen molar-refractivity contribution in [2.24, 2.45) is 0 Å². The number of fused-ring (bicyclic) bond motifs is 1.